The average molecular weight is 226 g/mol. The van der Waals surface area contributed by atoms with Crippen molar-refractivity contribution in [2.75, 3.05) is 13.1 Å². The van der Waals surface area contributed by atoms with Crippen LogP contribution in [0.4, 0.5) is 0 Å². The molecule has 4 heteroatoms. The highest BCUT2D eigenvalue weighted by molar-refractivity contribution is 5.89. The molecule has 4 nitrogen and oxygen atoms in total. The molecule has 0 radical (unpaired) electrons. The molecule has 0 spiro atoms. The van der Waals surface area contributed by atoms with Gasteiger partial charge < -0.3 is 10.6 Å². The monoisotopic (exact) mass is 226 g/mol. The summed E-state index contributed by atoms with van der Waals surface area (Å²) in [7, 11) is 0. The van der Waals surface area contributed by atoms with Crippen molar-refractivity contribution in [3.8, 4) is 0 Å². The van der Waals surface area contributed by atoms with E-state index in [-0.39, 0.29) is 23.1 Å². The Morgan fingerprint density at radius 3 is 2.62 bits per heavy atom. The minimum Gasteiger partial charge on any atom is -0.355 e. The van der Waals surface area contributed by atoms with Gasteiger partial charge in [0.25, 0.3) is 0 Å². The van der Waals surface area contributed by atoms with Gasteiger partial charge in [0.2, 0.25) is 11.8 Å². The Balaban J connectivity index is 2.38. The molecule has 1 atom stereocenters. The van der Waals surface area contributed by atoms with Gasteiger partial charge in [0, 0.05) is 19.5 Å². The van der Waals surface area contributed by atoms with Crippen LogP contribution in [0.15, 0.2) is 0 Å². The van der Waals surface area contributed by atoms with Crippen molar-refractivity contribution in [3.63, 3.8) is 0 Å². The molecule has 1 aliphatic heterocycles. The Morgan fingerprint density at radius 2 is 2.19 bits per heavy atom. The minimum atomic E-state index is -0.185. The summed E-state index contributed by atoms with van der Waals surface area (Å²) >= 11 is 0. The summed E-state index contributed by atoms with van der Waals surface area (Å²) in [5.74, 6) is 0.293. The van der Waals surface area contributed by atoms with E-state index in [0.717, 1.165) is 0 Å². The third-order valence-corrected chi connectivity index (χ3v) is 3.63. The number of hydrogen-bond acceptors (Lipinski definition) is 2. The van der Waals surface area contributed by atoms with Gasteiger partial charge in [-0.15, -0.1) is 0 Å². The summed E-state index contributed by atoms with van der Waals surface area (Å²) < 4.78 is 0. The maximum atomic E-state index is 11.8. The van der Waals surface area contributed by atoms with Crippen molar-refractivity contribution >= 4 is 11.8 Å². The summed E-state index contributed by atoms with van der Waals surface area (Å²) in [6.45, 7) is 9.70. The van der Waals surface area contributed by atoms with E-state index in [4.69, 9.17) is 0 Å². The molecule has 92 valence electrons. The first kappa shape index (κ1) is 13.0. The van der Waals surface area contributed by atoms with Crippen molar-refractivity contribution in [1.82, 2.24) is 10.6 Å². The molecule has 2 amide bonds. The van der Waals surface area contributed by atoms with E-state index in [1.807, 2.05) is 0 Å². The van der Waals surface area contributed by atoms with Gasteiger partial charge in [0.1, 0.15) is 0 Å². The Kier molecular flexibility index (Phi) is 3.94. The van der Waals surface area contributed by atoms with Crippen molar-refractivity contribution in [3.05, 3.63) is 0 Å². The molecule has 0 aliphatic carbocycles. The van der Waals surface area contributed by atoms with Gasteiger partial charge in [0.05, 0.1) is 5.92 Å². The SMILES string of the molecule is CC(C)C(C)(C)CNC(=O)C1CNC(=O)C1. The first-order chi connectivity index (χ1) is 7.33. The largest absolute Gasteiger partial charge is 0.355 e. The number of rotatable bonds is 4. The van der Waals surface area contributed by atoms with Crippen LogP contribution in [0.25, 0.3) is 0 Å². The molecular formula is C12H22N2O2. The molecule has 0 aromatic carbocycles. The van der Waals surface area contributed by atoms with Crippen molar-refractivity contribution < 1.29 is 9.59 Å². The maximum Gasteiger partial charge on any atom is 0.225 e. The predicted octanol–water partition coefficient (Wildman–Crippen LogP) is 0.921. The minimum absolute atomic E-state index is 0.00734. The zero-order valence-electron chi connectivity index (χ0n) is 10.6. The summed E-state index contributed by atoms with van der Waals surface area (Å²) in [6, 6.07) is 0. The number of nitrogens with one attached hydrogen (secondary N) is 2. The first-order valence-corrected chi connectivity index (χ1v) is 5.87. The molecular weight excluding hydrogens is 204 g/mol. The van der Waals surface area contributed by atoms with Crippen molar-refractivity contribution in [2.45, 2.75) is 34.1 Å². The lowest BCUT2D eigenvalue weighted by molar-refractivity contribution is -0.126. The van der Waals surface area contributed by atoms with E-state index in [9.17, 15) is 9.59 Å². The highest BCUT2D eigenvalue weighted by atomic mass is 16.2. The molecule has 0 bridgehead atoms. The van der Waals surface area contributed by atoms with E-state index >= 15 is 0 Å². The van der Waals surface area contributed by atoms with Gasteiger partial charge in [-0.3, -0.25) is 9.59 Å². The second-order valence-electron chi connectivity index (χ2n) is 5.57. The third-order valence-electron chi connectivity index (χ3n) is 3.63. The molecule has 1 aliphatic rings. The smallest absolute Gasteiger partial charge is 0.225 e. The molecule has 2 N–H and O–H groups in total. The zero-order valence-corrected chi connectivity index (χ0v) is 10.6. The average Bonchev–Trinajstić information content (AvgIpc) is 2.61. The fourth-order valence-electron chi connectivity index (χ4n) is 1.45. The fraction of sp³-hybridized carbons (Fsp3) is 0.833. The van der Waals surface area contributed by atoms with Gasteiger partial charge in [-0.05, 0) is 11.3 Å². The van der Waals surface area contributed by atoms with Crippen LogP contribution in [0.2, 0.25) is 0 Å². The maximum absolute atomic E-state index is 11.8. The van der Waals surface area contributed by atoms with E-state index in [0.29, 0.717) is 25.4 Å². The number of amides is 2. The van der Waals surface area contributed by atoms with E-state index < -0.39 is 0 Å². The van der Waals surface area contributed by atoms with E-state index in [1.165, 1.54) is 0 Å². The van der Waals surface area contributed by atoms with E-state index in [1.54, 1.807) is 0 Å². The molecule has 1 rings (SSSR count). The Morgan fingerprint density at radius 1 is 1.56 bits per heavy atom. The molecule has 1 saturated heterocycles. The van der Waals surface area contributed by atoms with Crippen molar-refractivity contribution in [2.24, 2.45) is 17.3 Å². The summed E-state index contributed by atoms with van der Waals surface area (Å²) in [5.41, 5.74) is 0.0890. The molecule has 0 saturated carbocycles. The standard InChI is InChI=1S/C12H22N2O2/c1-8(2)12(3,4)7-14-11(16)9-5-10(15)13-6-9/h8-9H,5-7H2,1-4H3,(H,13,15)(H,14,16). The highest BCUT2D eigenvalue weighted by Crippen LogP contribution is 2.24. The second-order valence-corrected chi connectivity index (χ2v) is 5.57. The molecule has 16 heavy (non-hydrogen) atoms. The predicted molar refractivity (Wildman–Crippen MR) is 62.7 cm³/mol. The number of carbonyl (C=O) groups is 2. The Labute approximate surface area is 97.2 Å². The zero-order chi connectivity index (χ0) is 12.3. The topological polar surface area (TPSA) is 58.2 Å². The summed E-state index contributed by atoms with van der Waals surface area (Å²) in [5, 5.41) is 5.61. The lowest BCUT2D eigenvalue weighted by Gasteiger charge is -2.29. The van der Waals surface area contributed by atoms with Crippen LogP contribution in [0.5, 0.6) is 0 Å². The van der Waals surface area contributed by atoms with Gasteiger partial charge in [-0.25, -0.2) is 0 Å². The van der Waals surface area contributed by atoms with E-state index in [2.05, 4.69) is 38.3 Å². The molecule has 0 aromatic heterocycles. The molecule has 1 unspecified atom stereocenters. The first-order valence-electron chi connectivity index (χ1n) is 5.87. The Hall–Kier alpha value is -1.06. The van der Waals surface area contributed by atoms with Crippen LogP contribution in [0.3, 0.4) is 0 Å². The molecule has 1 heterocycles. The van der Waals surface area contributed by atoms with Gasteiger partial charge in [-0.1, -0.05) is 27.7 Å². The number of carbonyl (C=O) groups excluding carboxylic acids is 2. The van der Waals surface area contributed by atoms with Crippen LogP contribution in [0.1, 0.15) is 34.1 Å². The summed E-state index contributed by atoms with van der Waals surface area (Å²) in [6.07, 6.45) is 0.327. The van der Waals surface area contributed by atoms with Gasteiger partial charge >= 0.3 is 0 Å². The van der Waals surface area contributed by atoms with Gasteiger partial charge in [0.15, 0.2) is 0 Å². The normalized spacial score (nSPS) is 21.1. The second kappa shape index (κ2) is 4.85. The number of hydrogen-bond donors (Lipinski definition) is 2. The fourth-order valence-corrected chi connectivity index (χ4v) is 1.45. The van der Waals surface area contributed by atoms with Crippen LogP contribution in [-0.2, 0) is 9.59 Å². The van der Waals surface area contributed by atoms with Crippen LogP contribution in [-0.4, -0.2) is 24.9 Å². The lowest BCUT2D eigenvalue weighted by Crippen LogP contribution is -2.40. The van der Waals surface area contributed by atoms with Crippen LogP contribution >= 0.6 is 0 Å². The summed E-state index contributed by atoms with van der Waals surface area (Å²) in [4.78, 5) is 22.7. The highest BCUT2D eigenvalue weighted by Gasteiger charge is 2.29. The molecule has 1 fully saturated rings. The Bertz CT molecular complexity index is 285. The third kappa shape index (κ3) is 3.22. The van der Waals surface area contributed by atoms with Crippen LogP contribution < -0.4 is 10.6 Å². The van der Waals surface area contributed by atoms with Crippen LogP contribution in [0, 0.1) is 17.3 Å². The van der Waals surface area contributed by atoms with Gasteiger partial charge in [-0.2, -0.15) is 0 Å². The molecule has 0 aromatic rings. The van der Waals surface area contributed by atoms with Crippen molar-refractivity contribution in [1.29, 1.82) is 0 Å². The lowest BCUT2D eigenvalue weighted by atomic mass is 9.81. The quantitative estimate of drug-likeness (QED) is 0.749.